The Bertz CT molecular complexity index is 314. The van der Waals surface area contributed by atoms with Crippen LogP contribution in [-0.4, -0.2) is 29.8 Å². The summed E-state index contributed by atoms with van der Waals surface area (Å²) in [7, 11) is 0. The lowest BCUT2D eigenvalue weighted by Crippen LogP contribution is -2.27. The molecule has 0 atom stereocenters. The van der Waals surface area contributed by atoms with E-state index in [0.29, 0.717) is 24.4 Å². The molecule has 98 valence electrons. The van der Waals surface area contributed by atoms with Crippen molar-refractivity contribution in [3.05, 3.63) is 21.5 Å². The first-order chi connectivity index (χ1) is 7.66. The third-order valence-corrected chi connectivity index (χ3v) is 2.36. The number of halogens is 1. The summed E-state index contributed by atoms with van der Waals surface area (Å²) < 4.78 is 4.71. The van der Waals surface area contributed by atoms with Crippen LogP contribution < -0.4 is 5.32 Å². The van der Waals surface area contributed by atoms with Gasteiger partial charge in [-0.1, -0.05) is 0 Å². The van der Waals surface area contributed by atoms with Crippen molar-refractivity contribution in [3.63, 3.8) is 0 Å². The van der Waals surface area contributed by atoms with E-state index in [0.717, 1.165) is 12.8 Å². The quantitative estimate of drug-likeness (QED) is 0.194. The molecule has 1 saturated heterocycles. The van der Waals surface area contributed by atoms with Gasteiger partial charge >= 0.3 is 11.7 Å². The molecule has 17 heavy (non-hydrogen) atoms. The van der Waals surface area contributed by atoms with E-state index in [-0.39, 0.29) is 30.6 Å². The number of nitrogens with zero attached hydrogens (tertiary/aromatic N) is 1. The molecule has 0 radical (unpaired) electrons. The van der Waals surface area contributed by atoms with Gasteiger partial charge in [-0.15, -0.1) is 24.0 Å². The Hall–Kier alpha value is -0.510. The van der Waals surface area contributed by atoms with Gasteiger partial charge in [0.25, 0.3) is 0 Å². The van der Waals surface area contributed by atoms with Crippen molar-refractivity contribution >= 4 is 42.6 Å². The predicted octanol–water partition coefficient (Wildman–Crippen LogP) is 1.34. The first-order valence-corrected chi connectivity index (χ1v) is 5.69. The van der Waals surface area contributed by atoms with Crippen LogP contribution in [0.4, 0.5) is 0 Å². The molecule has 1 fully saturated rings. The smallest absolute Gasteiger partial charge is 0.411 e. The Labute approximate surface area is 122 Å². The highest BCUT2D eigenvalue weighted by atomic mass is 127. The van der Waals surface area contributed by atoms with Gasteiger partial charge in [-0.05, 0) is 19.3 Å². The lowest BCUT2D eigenvalue weighted by molar-refractivity contribution is -0.423. The normalized spacial score (nSPS) is 17.5. The monoisotopic (exact) mass is 374 g/mol. The van der Waals surface area contributed by atoms with Crippen molar-refractivity contribution in [2.75, 3.05) is 18.9 Å². The molecule has 0 bridgehead atoms. The Balaban J connectivity index is 0.00000256. The second kappa shape index (κ2) is 8.56. The van der Waals surface area contributed by atoms with E-state index in [1.165, 1.54) is 0 Å². The fourth-order valence-corrected chi connectivity index (χ4v) is 1.56. The summed E-state index contributed by atoms with van der Waals surface area (Å²) in [6.07, 6.45) is 2.33. The van der Waals surface area contributed by atoms with E-state index in [1.807, 2.05) is 0 Å². The maximum absolute atomic E-state index is 11.4. The Morgan fingerprint density at radius 2 is 2.24 bits per heavy atom. The second-order valence-electron chi connectivity index (χ2n) is 3.33. The van der Waals surface area contributed by atoms with Gasteiger partial charge in [0, 0.05) is 12.3 Å². The topological polar surface area (TPSA) is 81.5 Å². The number of carbonyl (C=O) groups is 1. The zero-order chi connectivity index (χ0) is 12.0. The fourth-order valence-electron chi connectivity index (χ4n) is 1.47. The van der Waals surface area contributed by atoms with Crippen molar-refractivity contribution < 1.29 is 14.5 Å². The third-order valence-electron chi connectivity index (χ3n) is 2.18. The Kier molecular flexibility index (Phi) is 8.30. The van der Waals surface area contributed by atoms with Crippen LogP contribution in [0.5, 0.6) is 0 Å². The highest BCUT2D eigenvalue weighted by Crippen LogP contribution is 2.16. The minimum Gasteiger partial charge on any atom is -0.457 e. The molecule has 8 heteroatoms. The van der Waals surface area contributed by atoms with E-state index in [2.05, 4.69) is 17.9 Å². The van der Waals surface area contributed by atoms with Gasteiger partial charge in [0.15, 0.2) is 0 Å². The lowest BCUT2D eigenvalue weighted by Gasteiger charge is -2.16. The number of nitro groups is 1. The fraction of sp³-hybridized carbons (Fsp3) is 0.667. The van der Waals surface area contributed by atoms with Crippen LogP contribution in [0.3, 0.4) is 0 Å². The van der Waals surface area contributed by atoms with Crippen LogP contribution in [0.25, 0.3) is 0 Å². The van der Waals surface area contributed by atoms with E-state index in [1.54, 1.807) is 0 Å². The van der Waals surface area contributed by atoms with Crippen LogP contribution in [0.15, 0.2) is 11.4 Å². The predicted molar refractivity (Wildman–Crippen MR) is 76.1 cm³/mol. The summed E-state index contributed by atoms with van der Waals surface area (Å²) in [6, 6.07) is 0. The molecule has 6 nitrogen and oxygen atoms in total. The number of hydrogen-bond acceptors (Lipinski definition) is 6. The molecule has 0 aromatic carbocycles. The van der Waals surface area contributed by atoms with E-state index >= 15 is 0 Å². The number of piperidine rings is 1. The molecule has 0 spiro atoms. The van der Waals surface area contributed by atoms with E-state index in [4.69, 9.17) is 4.74 Å². The van der Waals surface area contributed by atoms with Gasteiger partial charge in [0.2, 0.25) is 0 Å². The molecular formula is C9H15IN2O4S. The molecule has 1 aliphatic heterocycles. The summed E-state index contributed by atoms with van der Waals surface area (Å²) in [4.78, 5) is 21.6. The molecule has 1 rings (SSSR count). The Morgan fingerprint density at radius 3 is 2.71 bits per heavy atom. The zero-order valence-electron chi connectivity index (χ0n) is 9.18. The van der Waals surface area contributed by atoms with Gasteiger partial charge < -0.3 is 10.1 Å². The second-order valence-corrected chi connectivity index (χ2v) is 3.77. The number of allylic oxidation sites excluding steroid dienone is 1. The van der Waals surface area contributed by atoms with Crippen molar-refractivity contribution in [2.24, 2.45) is 0 Å². The molecule has 1 aliphatic rings. The van der Waals surface area contributed by atoms with Crippen LogP contribution in [0, 0.1) is 10.1 Å². The Morgan fingerprint density at radius 1 is 1.53 bits per heavy atom. The molecule has 0 aromatic rings. The molecular weight excluding hydrogens is 359 g/mol. The average molecular weight is 374 g/mol. The highest BCUT2D eigenvalue weighted by molar-refractivity contribution is 14.0. The molecule has 0 unspecified atom stereocenters. The summed E-state index contributed by atoms with van der Waals surface area (Å²) >= 11 is 3.86. The van der Waals surface area contributed by atoms with Gasteiger partial charge in [-0.2, -0.15) is 12.6 Å². The first kappa shape index (κ1) is 16.5. The highest BCUT2D eigenvalue weighted by Gasteiger charge is 2.29. The first-order valence-electron chi connectivity index (χ1n) is 5.06. The molecule has 1 N–H and O–H groups in total. The molecule has 1 heterocycles. The SMILES string of the molecule is I.O=C(OCCS)/C(=C1/CCCCN1)[N+](=O)[O-]. The van der Waals surface area contributed by atoms with Crippen molar-refractivity contribution in [3.8, 4) is 0 Å². The van der Waals surface area contributed by atoms with Crippen LogP contribution in [-0.2, 0) is 9.53 Å². The largest absolute Gasteiger partial charge is 0.457 e. The summed E-state index contributed by atoms with van der Waals surface area (Å²) in [6.45, 7) is 0.735. The maximum atomic E-state index is 11.4. The van der Waals surface area contributed by atoms with Crippen molar-refractivity contribution in [1.82, 2.24) is 5.32 Å². The number of nitrogens with one attached hydrogen (secondary N) is 1. The molecule has 0 aromatic heterocycles. The maximum Gasteiger partial charge on any atom is 0.411 e. The van der Waals surface area contributed by atoms with Gasteiger partial charge in [0.1, 0.15) is 6.61 Å². The van der Waals surface area contributed by atoms with Gasteiger partial charge in [-0.25, -0.2) is 4.79 Å². The van der Waals surface area contributed by atoms with Gasteiger partial charge in [0.05, 0.1) is 10.6 Å². The minimum atomic E-state index is -0.886. The van der Waals surface area contributed by atoms with Crippen LogP contribution in [0.2, 0.25) is 0 Å². The molecule has 0 aliphatic carbocycles. The van der Waals surface area contributed by atoms with E-state index < -0.39 is 16.6 Å². The van der Waals surface area contributed by atoms with Crippen molar-refractivity contribution in [2.45, 2.75) is 19.3 Å². The third kappa shape index (κ3) is 5.11. The number of ether oxygens (including phenoxy) is 1. The average Bonchev–Trinajstić information content (AvgIpc) is 2.27. The summed E-state index contributed by atoms with van der Waals surface area (Å²) in [5, 5.41) is 13.7. The number of thiol groups is 1. The standard InChI is InChI=1S/C9H14N2O4S.HI/c12-9(15-5-6-16)8(11(13)14)7-3-1-2-4-10-7;/h10,16H,1-6H2;1H/b8-7+;. The molecule has 0 amide bonds. The van der Waals surface area contributed by atoms with Gasteiger partial charge in [-0.3, -0.25) is 10.1 Å². The lowest BCUT2D eigenvalue weighted by atomic mass is 10.1. The number of esters is 1. The minimum absolute atomic E-state index is 0. The van der Waals surface area contributed by atoms with Crippen LogP contribution in [0.1, 0.15) is 19.3 Å². The number of hydrogen-bond donors (Lipinski definition) is 2. The summed E-state index contributed by atoms with van der Waals surface area (Å²) in [5.41, 5.74) is -0.0955. The van der Waals surface area contributed by atoms with Crippen LogP contribution >= 0.6 is 36.6 Å². The van der Waals surface area contributed by atoms with Crippen molar-refractivity contribution in [1.29, 1.82) is 0 Å². The molecule has 0 saturated carbocycles. The van der Waals surface area contributed by atoms with E-state index in [9.17, 15) is 14.9 Å². The number of carbonyl (C=O) groups excluding carboxylic acids is 1. The number of rotatable bonds is 4. The summed E-state index contributed by atoms with van der Waals surface area (Å²) in [5.74, 6) is -0.539. The zero-order valence-corrected chi connectivity index (χ0v) is 12.4.